The summed E-state index contributed by atoms with van der Waals surface area (Å²) >= 11 is 0. The van der Waals surface area contributed by atoms with Gasteiger partial charge in [0.15, 0.2) is 11.5 Å². The highest BCUT2D eigenvalue weighted by Gasteiger charge is 2.19. The van der Waals surface area contributed by atoms with Crippen molar-refractivity contribution in [1.82, 2.24) is 14.5 Å². The van der Waals surface area contributed by atoms with E-state index in [0.29, 0.717) is 29.4 Å². The fourth-order valence-electron chi connectivity index (χ4n) is 3.76. The Kier molecular flexibility index (Phi) is 5.98. The number of para-hydroxylation sites is 2. The minimum absolute atomic E-state index is 0.0936. The van der Waals surface area contributed by atoms with E-state index in [4.69, 9.17) is 14.2 Å². The van der Waals surface area contributed by atoms with Crippen LogP contribution >= 0.6 is 0 Å². The Morgan fingerprint density at radius 1 is 0.906 bits per heavy atom. The molecule has 1 heterocycles. The third kappa shape index (κ3) is 3.85. The molecule has 0 bridgehead atoms. The zero-order chi connectivity index (χ0) is 22.7. The largest absolute Gasteiger partial charge is 0.493 e. The Labute approximate surface area is 186 Å². The summed E-state index contributed by atoms with van der Waals surface area (Å²) in [4.78, 5) is 19.1. The van der Waals surface area contributed by atoms with Gasteiger partial charge in [0.05, 0.1) is 32.4 Å². The van der Waals surface area contributed by atoms with Crippen molar-refractivity contribution >= 4 is 16.9 Å². The monoisotopic (exact) mass is 431 g/mol. The van der Waals surface area contributed by atoms with Gasteiger partial charge in [0, 0.05) is 30.4 Å². The fourth-order valence-corrected chi connectivity index (χ4v) is 3.76. The van der Waals surface area contributed by atoms with Crippen LogP contribution in [0.25, 0.3) is 16.7 Å². The Balaban J connectivity index is 1.55. The van der Waals surface area contributed by atoms with Crippen molar-refractivity contribution in [1.29, 1.82) is 0 Å². The van der Waals surface area contributed by atoms with Crippen LogP contribution in [0.2, 0.25) is 0 Å². The summed E-state index contributed by atoms with van der Waals surface area (Å²) < 4.78 is 18.3. The van der Waals surface area contributed by atoms with E-state index in [1.807, 2.05) is 59.2 Å². The SMILES string of the molecule is COc1ccc(CN(C)C(=O)c2ccc(-n3cnc4ccccc43)cc2)c(OC)c1OC. The number of imidazole rings is 1. The third-order valence-electron chi connectivity index (χ3n) is 5.39. The Morgan fingerprint density at radius 2 is 1.62 bits per heavy atom. The van der Waals surface area contributed by atoms with Crippen LogP contribution in [0.3, 0.4) is 0 Å². The van der Waals surface area contributed by atoms with E-state index < -0.39 is 0 Å². The molecule has 0 aliphatic rings. The van der Waals surface area contributed by atoms with Crippen LogP contribution in [0.5, 0.6) is 17.2 Å². The quantitative estimate of drug-likeness (QED) is 0.436. The van der Waals surface area contributed by atoms with E-state index in [9.17, 15) is 4.79 Å². The zero-order valence-electron chi connectivity index (χ0n) is 18.5. The molecule has 7 heteroatoms. The van der Waals surface area contributed by atoms with E-state index >= 15 is 0 Å². The molecule has 0 saturated carbocycles. The zero-order valence-corrected chi connectivity index (χ0v) is 18.5. The van der Waals surface area contributed by atoms with Crippen molar-refractivity contribution in [3.8, 4) is 22.9 Å². The van der Waals surface area contributed by atoms with E-state index in [0.717, 1.165) is 22.3 Å². The van der Waals surface area contributed by atoms with Crippen LogP contribution in [-0.2, 0) is 6.54 Å². The second kappa shape index (κ2) is 9.01. The number of carbonyl (C=O) groups is 1. The molecular weight excluding hydrogens is 406 g/mol. The lowest BCUT2D eigenvalue weighted by Crippen LogP contribution is -2.26. The summed E-state index contributed by atoms with van der Waals surface area (Å²) in [6.07, 6.45) is 1.79. The maximum atomic E-state index is 13.0. The van der Waals surface area contributed by atoms with E-state index in [2.05, 4.69) is 4.98 Å². The first kappa shape index (κ1) is 21.2. The van der Waals surface area contributed by atoms with Crippen molar-refractivity contribution in [2.75, 3.05) is 28.4 Å². The Hall–Kier alpha value is -4.00. The van der Waals surface area contributed by atoms with Crippen molar-refractivity contribution in [2.45, 2.75) is 6.54 Å². The van der Waals surface area contributed by atoms with Crippen LogP contribution in [0.1, 0.15) is 15.9 Å². The number of ether oxygens (including phenoxy) is 3. The van der Waals surface area contributed by atoms with Gasteiger partial charge in [-0.05, 0) is 48.5 Å². The summed E-state index contributed by atoms with van der Waals surface area (Å²) in [6, 6.07) is 19.1. The average molecular weight is 431 g/mol. The van der Waals surface area contributed by atoms with Crippen LogP contribution in [-0.4, -0.2) is 48.7 Å². The maximum Gasteiger partial charge on any atom is 0.253 e. The summed E-state index contributed by atoms with van der Waals surface area (Å²) in [5.41, 5.74) is 4.31. The number of hydrogen-bond donors (Lipinski definition) is 0. The minimum atomic E-state index is -0.0936. The van der Waals surface area contributed by atoms with Gasteiger partial charge in [-0.15, -0.1) is 0 Å². The molecule has 0 unspecified atom stereocenters. The number of nitrogens with zero attached hydrogens (tertiary/aromatic N) is 3. The number of fused-ring (bicyclic) bond motifs is 1. The Bertz CT molecular complexity index is 1250. The summed E-state index contributed by atoms with van der Waals surface area (Å²) in [5.74, 6) is 1.53. The lowest BCUT2D eigenvalue weighted by Gasteiger charge is -2.21. The molecule has 0 N–H and O–H groups in total. The van der Waals surface area contributed by atoms with Gasteiger partial charge in [-0.25, -0.2) is 4.98 Å². The molecule has 0 radical (unpaired) electrons. The van der Waals surface area contributed by atoms with Crippen LogP contribution in [0.15, 0.2) is 67.0 Å². The third-order valence-corrected chi connectivity index (χ3v) is 5.39. The lowest BCUT2D eigenvalue weighted by molar-refractivity contribution is 0.0784. The first-order valence-corrected chi connectivity index (χ1v) is 10.1. The van der Waals surface area contributed by atoms with Gasteiger partial charge in [-0.3, -0.25) is 9.36 Å². The smallest absolute Gasteiger partial charge is 0.253 e. The molecule has 1 aromatic heterocycles. The topological polar surface area (TPSA) is 65.8 Å². The first-order valence-electron chi connectivity index (χ1n) is 10.1. The van der Waals surface area contributed by atoms with Crippen molar-refractivity contribution in [3.63, 3.8) is 0 Å². The number of methoxy groups -OCH3 is 3. The molecule has 32 heavy (non-hydrogen) atoms. The maximum absolute atomic E-state index is 13.0. The minimum Gasteiger partial charge on any atom is -0.493 e. The molecule has 0 saturated heterocycles. The number of aromatic nitrogens is 2. The summed E-state index contributed by atoms with van der Waals surface area (Å²) in [5, 5.41) is 0. The van der Waals surface area contributed by atoms with Crippen molar-refractivity contribution in [2.24, 2.45) is 0 Å². The molecule has 164 valence electrons. The number of amides is 1. The highest BCUT2D eigenvalue weighted by Crippen LogP contribution is 2.40. The second-order valence-electron chi connectivity index (χ2n) is 7.30. The molecule has 1 amide bonds. The Morgan fingerprint density at radius 3 is 2.31 bits per heavy atom. The van der Waals surface area contributed by atoms with Crippen molar-refractivity contribution < 1.29 is 19.0 Å². The molecule has 7 nitrogen and oxygen atoms in total. The molecule has 4 aromatic rings. The average Bonchev–Trinajstić information content (AvgIpc) is 3.27. The van der Waals surface area contributed by atoms with Gasteiger partial charge < -0.3 is 19.1 Å². The summed E-state index contributed by atoms with van der Waals surface area (Å²) in [6.45, 7) is 0.357. The standard InChI is InChI=1S/C25H25N3O4/c1-27(15-18-11-14-22(30-2)24(32-4)23(18)31-3)25(29)17-9-12-19(13-10-17)28-16-26-20-7-5-6-8-21(20)28/h5-14,16H,15H2,1-4H3. The molecule has 0 aliphatic heterocycles. The molecular formula is C25H25N3O4. The predicted molar refractivity (Wildman–Crippen MR) is 123 cm³/mol. The van der Waals surface area contributed by atoms with Gasteiger partial charge in [0.1, 0.15) is 6.33 Å². The first-order chi connectivity index (χ1) is 15.6. The van der Waals surface area contributed by atoms with Crippen molar-refractivity contribution in [3.05, 3.63) is 78.1 Å². The number of rotatable bonds is 7. The number of carbonyl (C=O) groups excluding carboxylic acids is 1. The van der Waals surface area contributed by atoms with E-state index in [1.54, 1.807) is 45.7 Å². The fraction of sp³-hybridized carbons (Fsp3) is 0.200. The molecule has 4 rings (SSSR count). The molecule has 0 spiro atoms. The molecule has 0 aliphatic carbocycles. The number of benzene rings is 3. The van der Waals surface area contributed by atoms with Crippen LogP contribution < -0.4 is 14.2 Å². The molecule has 0 atom stereocenters. The lowest BCUT2D eigenvalue weighted by atomic mass is 10.1. The van der Waals surface area contributed by atoms with Gasteiger partial charge in [0.2, 0.25) is 5.75 Å². The van der Waals surface area contributed by atoms with Gasteiger partial charge in [-0.2, -0.15) is 0 Å². The van der Waals surface area contributed by atoms with Gasteiger partial charge >= 0.3 is 0 Å². The predicted octanol–water partition coefficient (Wildman–Crippen LogP) is 4.32. The van der Waals surface area contributed by atoms with Crippen LogP contribution in [0, 0.1) is 0 Å². The second-order valence-corrected chi connectivity index (χ2v) is 7.30. The van der Waals surface area contributed by atoms with E-state index in [1.165, 1.54) is 0 Å². The number of hydrogen-bond acceptors (Lipinski definition) is 5. The van der Waals surface area contributed by atoms with Gasteiger partial charge in [0.25, 0.3) is 5.91 Å². The molecule has 3 aromatic carbocycles. The van der Waals surface area contributed by atoms with Crippen LogP contribution in [0.4, 0.5) is 0 Å². The normalized spacial score (nSPS) is 10.8. The highest BCUT2D eigenvalue weighted by atomic mass is 16.5. The van der Waals surface area contributed by atoms with E-state index in [-0.39, 0.29) is 5.91 Å². The molecule has 0 fully saturated rings. The highest BCUT2D eigenvalue weighted by molar-refractivity contribution is 5.94. The van der Waals surface area contributed by atoms with Gasteiger partial charge in [-0.1, -0.05) is 12.1 Å². The summed E-state index contributed by atoms with van der Waals surface area (Å²) in [7, 11) is 6.46.